The third-order valence-electron chi connectivity index (χ3n) is 5.54. The number of carbonyl (C=O) groups is 1. The number of ether oxygens (including phenoxy) is 1. The molecular weight excluding hydrogens is 459 g/mol. The number of carbonyl (C=O) groups excluding carboxylic acids is 1. The zero-order chi connectivity index (χ0) is 25.3. The summed E-state index contributed by atoms with van der Waals surface area (Å²) in [5.41, 5.74) is 0.827. The number of halogens is 1. The maximum absolute atomic E-state index is 14.4. The van der Waals surface area contributed by atoms with Crippen molar-refractivity contribution in [2.45, 2.75) is 32.6 Å². The molecular formula is C24H29FN4O4S. The van der Waals surface area contributed by atoms with Crippen molar-refractivity contribution < 1.29 is 22.3 Å². The number of hydrogen-bond acceptors (Lipinski definition) is 6. The molecule has 34 heavy (non-hydrogen) atoms. The van der Waals surface area contributed by atoms with Crippen LogP contribution in [-0.2, 0) is 10.0 Å². The lowest BCUT2D eigenvalue weighted by atomic mass is 9.98. The van der Waals surface area contributed by atoms with E-state index in [9.17, 15) is 17.6 Å². The Morgan fingerprint density at radius 2 is 1.82 bits per heavy atom. The molecule has 0 spiro atoms. The average molecular weight is 489 g/mol. The Balaban J connectivity index is 1.87. The first-order chi connectivity index (χ1) is 15.8. The number of nitrogens with zero attached hydrogens (tertiary/aromatic N) is 3. The largest absolute Gasteiger partial charge is 0.492 e. The van der Waals surface area contributed by atoms with Crippen LogP contribution in [-0.4, -0.2) is 52.0 Å². The quantitative estimate of drug-likeness (QED) is 0.691. The van der Waals surface area contributed by atoms with Crippen LogP contribution in [0, 0.1) is 29.5 Å². The Morgan fingerprint density at radius 1 is 1.18 bits per heavy atom. The maximum Gasteiger partial charge on any atom is 0.258 e. The van der Waals surface area contributed by atoms with E-state index in [1.165, 1.54) is 18.2 Å². The molecule has 1 heterocycles. The number of sulfonamides is 1. The van der Waals surface area contributed by atoms with Crippen LogP contribution in [0.15, 0.2) is 35.2 Å². The van der Waals surface area contributed by atoms with Gasteiger partial charge in [0.1, 0.15) is 11.6 Å². The van der Waals surface area contributed by atoms with E-state index in [1.54, 1.807) is 24.0 Å². The van der Waals surface area contributed by atoms with Gasteiger partial charge < -0.3 is 14.5 Å². The van der Waals surface area contributed by atoms with Crippen LogP contribution in [0.4, 0.5) is 10.1 Å². The lowest BCUT2D eigenvalue weighted by Gasteiger charge is -2.36. The van der Waals surface area contributed by atoms with Gasteiger partial charge in [0.05, 0.1) is 34.4 Å². The van der Waals surface area contributed by atoms with Crippen molar-refractivity contribution in [3.8, 4) is 11.8 Å². The number of hydrogen-bond donors (Lipinski definition) is 1. The van der Waals surface area contributed by atoms with Crippen molar-refractivity contribution in [1.82, 2.24) is 4.90 Å². The van der Waals surface area contributed by atoms with Crippen LogP contribution in [0.2, 0.25) is 0 Å². The molecule has 182 valence electrons. The van der Waals surface area contributed by atoms with Gasteiger partial charge in [0.2, 0.25) is 10.0 Å². The highest BCUT2D eigenvalue weighted by atomic mass is 32.2. The highest BCUT2D eigenvalue weighted by molar-refractivity contribution is 7.89. The smallest absolute Gasteiger partial charge is 0.258 e. The molecule has 1 amide bonds. The van der Waals surface area contributed by atoms with Crippen LogP contribution in [0.5, 0.6) is 5.75 Å². The second-order valence-electron chi connectivity index (χ2n) is 9.51. The Bertz CT molecular complexity index is 1240. The Labute approximate surface area is 199 Å². The van der Waals surface area contributed by atoms with Gasteiger partial charge in [-0.1, -0.05) is 20.8 Å². The van der Waals surface area contributed by atoms with Gasteiger partial charge in [-0.15, -0.1) is 0 Å². The van der Waals surface area contributed by atoms with Gasteiger partial charge in [0.15, 0.2) is 0 Å². The molecule has 0 unspecified atom stereocenters. The second kappa shape index (κ2) is 9.60. The summed E-state index contributed by atoms with van der Waals surface area (Å²) in [6.45, 7) is 9.19. The first kappa shape index (κ1) is 25.5. The summed E-state index contributed by atoms with van der Waals surface area (Å²) in [7, 11) is -4.03. The topological polar surface area (TPSA) is 117 Å². The van der Waals surface area contributed by atoms with E-state index in [0.29, 0.717) is 44.2 Å². The van der Waals surface area contributed by atoms with Crippen LogP contribution in [0.1, 0.15) is 42.3 Å². The molecule has 0 aromatic heterocycles. The summed E-state index contributed by atoms with van der Waals surface area (Å²) in [5, 5.41) is 14.3. The van der Waals surface area contributed by atoms with Crippen LogP contribution in [0.25, 0.3) is 0 Å². The fraction of sp³-hybridized carbons (Fsp3) is 0.417. The van der Waals surface area contributed by atoms with Gasteiger partial charge in [0, 0.05) is 26.2 Å². The molecule has 8 nitrogen and oxygen atoms in total. The zero-order valence-corrected chi connectivity index (χ0v) is 20.6. The molecule has 0 aliphatic carbocycles. The van der Waals surface area contributed by atoms with Crippen molar-refractivity contribution in [1.29, 1.82) is 5.26 Å². The van der Waals surface area contributed by atoms with Crippen molar-refractivity contribution in [3.05, 3.63) is 52.8 Å². The van der Waals surface area contributed by atoms with Crippen LogP contribution in [0.3, 0.4) is 0 Å². The summed E-state index contributed by atoms with van der Waals surface area (Å²) >= 11 is 0. The molecule has 10 heteroatoms. The van der Waals surface area contributed by atoms with Crippen molar-refractivity contribution >= 4 is 21.6 Å². The second-order valence-corrected chi connectivity index (χ2v) is 11.0. The lowest BCUT2D eigenvalue weighted by molar-refractivity contribution is 0.0738. The summed E-state index contributed by atoms with van der Waals surface area (Å²) < 4.78 is 44.5. The number of anilines is 1. The standard InChI is InChI=1S/C24H29FN4O4S/c1-16-21(34(27,31)32)8-7-20(33-15-24(2,3)4)22(16)23(30)29-11-9-28(10-12-29)19-6-5-17(14-26)13-18(19)25/h5-8,13H,9-12,15H2,1-4H3,(H2,27,31,32). The molecule has 0 saturated carbocycles. The fourth-order valence-electron chi connectivity index (χ4n) is 3.80. The minimum atomic E-state index is -4.03. The van der Waals surface area contributed by atoms with Gasteiger partial charge in [0.25, 0.3) is 5.91 Å². The summed E-state index contributed by atoms with van der Waals surface area (Å²) in [5.74, 6) is -0.564. The number of rotatable bonds is 5. The van der Waals surface area contributed by atoms with Crippen molar-refractivity contribution in [2.24, 2.45) is 10.6 Å². The molecule has 3 rings (SSSR count). The third-order valence-corrected chi connectivity index (χ3v) is 6.60. The Kier molecular flexibility index (Phi) is 7.19. The minimum Gasteiger partial charge on any atom is -0.492 e. The van der Waals surface area contributed by atoms with Gasteiger partial charge >= 0.3 is 0 Å². The highest BCUT2D eigenvalue weighted by Gasteiger charge is 2.29. The van der Waals surface area contributed by atoms with Gasteiger partial charge in [-0.2, -0.15) is 5.26 Å². The predicted molar refractivity (Wildman–Crippen MR) is 127 cm³/mol. The minimum absolute atomic E-state index is 0.128. The number of benzene rings is 2. The number of nitriles is 1. The SMILES string of the molecule is Cc1c(S(N)(=O)=O)ccc(OCC(C)(C)C)c1C(=O)N1CCN(c2ccc(C#N)cc2F)CC1. The van der Waals surface area contributed by atoms with E-state index in [2.05, 4.69) is 0 Å². The summed E-state index contributed by atoms with van der Waals surface area (Å²) in [6, 6.07) is 9.03. The van der Waals surface area contributed by atoms with Crippen LogP contribution >= 0.6 is 0 Å². The molecule has 0 atom stereocenters. The molecule has 1 fully saturated rings. The van der Waals surface area contributed by atoms with E-state index in [0.717, 1.165) is 0 Å². The van der Waals surface area contributed by atoms with E-state index in [4.69, 9.17) is 15.1 Å². The maximum atomic E-state index is 14.4. The van der Waals surface area contributed by atoms with Crippen molar-refractivity contribution in [3.63, 3.8) is 0 Å². The first-order valence-electron chi connectivity index (χ1n) is 10.8. The molecule has 2 N–H and O–H groups in total. The van der Waals surface area contributed by atoms with Crippen molar-refractivity contribution in [2.75, 3.05) is 37.7 Å². The first-order valence-corrected chi connectivity index (χ1v) is 12.4. The van der Waals surface area contributed by atoms with E-state index < -0.39 is 15.8 Å². The summed E-state index contributed by atoms with van der Waals surface area (Å²) in [6.07, 6.45) is 0. The Morgan fingerprint density at radius 3 is 2.35 bits per heavy atom. The third kappa shape index (κ3) is 5.66. The molecule has 1 saturated heterocycles. The lowest BCUT2D eigenvalue weighted by Crippen LogP contribution is -2.49. The zero-order valence-electron chi connectivity index (χ0n) is 19.8. The van der Waals surface area contributed by atoms with Gasteiger partial charge in [-0.3, -0.25) is 4.79 Å². The normalized spacial score (nSPS) is 14.6. The summed E-state index contributed by atoms with van der Waals surface area (Å²) in [4.78, 5) is 16.8. The molecule has 2 aromatic carbocycles. The molecule has 0 bridgehead atoms. The fourth-order valence-corrected chi connectivity index (χ4v) is 4.58. The number of nitrogens with two attached hydrogens (primary N) is 1. The monoisotopic (exact) mass is 488 g/mol. The molecule has 0 radical (unpaired) electrons. The van der Waals surface area contributed by atoms with Crippen LogP contribution < -0.4 is 14.8 Å². The molecule has 1 aliphatic heterocycles. The Hall–Kier alpha value is -3.16. The van der Waals surface area contributed by atoms with E-state index >= 15 is 0 Å². The number of piperazine rings is 1. The van der Waals surface area contributed by atoms with E-state index in [1.807, 2.05) is 31.7 Å². The highest BCUT2D eigenvalue weighted by Crippen LogP contribution is 2.31. The molecule has 1 aliphatic rings. The molecule has 2 aromatic rings. The predicted octanol–water partition coefficient (Wildman–Crippen LogP) is 3.04. The van der Waals surface area contributed by atoms with Gasteiger partial charge in [-0.25, -0.2) is 17.9 Å². The number of primary sulfonamides is 1. The number of amides is 1. The van der Waals surface area contributed by atoms with Gasteiger partial charge in [-0.05, 0) is 48.2 Å². The van der Waals surface area contributed by atoms with E-state index in [-0.39, 0.29) is 32.9 Å². The average Bonchev–Trinajstić information content (AvgIpc) is 2.76.